The molecule has 0 aliphatic rings. The van der Waals surface area contributed by atoms with E-state index in [0.29, 0.717) is 6.42 Å². The first kappa shape index (κ1) is 13.5. The Morgan fingerprint density at radius 3 is 2.53 bits per heavy atom. The van der Waals surface area contributed by atoms with E-state index in [0.717, 1.165) is 35.5 Å². The Labute approximate surface area is 114 Å². The molecule has 0 saturated heterocycles. The maximum absolute atomic E-state index is 12.0. The molecule has 0 unspecified atom stereocenters. The molecular formula is C16H20N2O. The summed E-state index contributed by atoms with van der Waals surface area (Å²) in [7, 11) is 0. The summed E-state index contributed by atoms with van der Waals surface area (Å²) in [4.78, 5) is 12.0. The van der Waals surface area contributed by atoms with E-state index in [1.807, 2.05) is 35.9 Å². The molecule has 100 valence electrons. The van der Waals surface area contributed by atoms with Crippen molar-refractivity contribution in [2.75, 3.05) is 0 Å². The number of para-hydroxylation sites is 1. The van der Waals surface area contributed by atoms with Crippen LogP contribution < -0.4 is 0 Å². The lowest BCUT2D eigenvalue weighted by molar-refractivity contribution is 0.0988. The van der Waals surface area contributed by atoms with E-state index in [4.69, 9.17) is 0 Å². The largest absolute Gasteiger partial charge is 0.294 e. The van der Waals surface area contributed by atoms with Crippen molar-refractivity contribution in [1.82, 2.24) is 9.78 Å². The quantitative estimate of drug-likeness (QED) is 0.766. The topological polar surface area (TPSA) is 34.9 Å². The maximum atomic E-state index is 12.0. The smallest absolute Gasteiger partial charge is 0.164 e. The van der Waals surface area contributed by atoms with Crippen LogP contribution in [0.5, 0.6) is 0 Å². The molecule has 3 nitrogen and oxygen atoms in total. The molecule has 1 heterocycles. The Bertz CT molecular complexity index is 584. The van der Waals surface area contributed by atoms with E-state index in [-0.39, 0.29) is 5.78 Å². The molecule has 19 heavy (non-hydrogen) atoms. The minimum Gasteiger partial charge on any atom is -0.294 e. The van der Waals surface area contributed by atoms with Crippen LogP contribution in [0.3, 0.4) is 0 Å². The molecule has 0 saturated carbocycles. The fourth-order valence-electron chi connectivity index (χ4n) is 2.19. The van der Waals surface area contributed by atoms with Gasteiger partial charge < -0.3 is 0 Å². The number of carbonyl (C=O) groups is 1. The van der Waals surface area contributed by atoms with Gasteiger partial charge in [0.25, 0.3) is 0 Å². The molecule has 1 aromatic heterocycles. The highest BCUT2D eigenvalue weighted by atomic mass is 16.1. The highest BCUT2D eigenvalue weighted by Crippen LogP contribution is 2.19. The molecule has 0 N–H and O–H groups in total. The molecule has 0 aliphatic heterocycles. The summed E-state index contributed by atoms with van der Waals surface area (Å²) in [6.07, 6.45) is 2.33. The van der Waals surface area contributed by atoms with Gasteiger partial charge in [-0.3, -0.25) is 4.79 Å². The highest BCUT2D eigenvalue weighted by Gasteiger charge is 2.14. The molecule has 3 heteroatoms. The van der Waals surface area contributed by atoms with Crippen LogP contribution in [-0.4, -0.2) is 15.6 Å². The highest BCUT2D eigenvalue weighted by molar-refractivity contribution is 5.99. The summed E-state index contributed by atoms with van der Waals surface area (Å²) in [5.41, 5.74) is 3.86. The van der Waals surface area contributed by atoms with Gasteiger partial charge in [0.1, 0.15) is 0 Å². The molecule has 2 aromatic rings. The second-order valence-electron chi connectivity index (χ2n) is 4.54. The van der Waals surface area contributed by atoms with Crippen molar-refractivity contribution >= 4 is 5.78 Å². The first-order valence-electron chi connectivity index (χ1n) is 6.91. The van der Waals surface area contributed by atoms with E-state index in [9.17, 15) is 4.79 Å². The van der Waals surface area contributed by atoms with E-state index >= 15 is 0 Å². The number of Topliss-reactive ketones (excluding diaryl/α,β-unsaturated/α-hetero) is 1. The van der Waals surface area contributed by atoms with Gasteiger partial charge in [-0.05, 0) is 31.0 Å². The van der Waals surface area contributed by atoms with E-state index < -0.39 is 0 Å². The van der Waals surface area contributed by atoms with Crippen LogP contribution in [0.25, 0.3) is 5.69 Å². The van der Waals surface area contributed by atoms with Crippen molar-refractivity contribution in [3.05, 3.63) is 47.3 Å². The third kappa shape index (κ3) is 2.60. The summed E-state index contributed by atoms with van der Waals surface area (Å²) in [5, 5.41) is 4.61. The van der Waals surface area contributed by atoms with Crippen LogP contribution in [0.1, 0.15) is 48.9 Å². The first-order chi connectivity index (χ1) is 9.21. The number of hydrogen-bond acceptors (Lipinski definition) is 2. The molecule has 0 radical (unpaired) electrons. The molecule has 0 amide bonds. The maximum Gasteiger partial charge on any atom is 0.164 e. The van der Waals surface area contributed by atoms with Crippen LogP contribution in [0.4, 0.5) is 0 Å². The average molecular weight is 256 g/mol. The van der Waals surface area contributed by atoms with Gasteiger partial charge >= 0.3 is 0 Å². The number of ketones is 1. The van der Waals surface area contributed by atoms with Gasteiger partial charge in [0, 0.05) is 17.7 Å². The molecule has 2 rings (SSSR count). The van der Waals surface area contributed by atoms with Crippen molar-refractivity contribution in [1.29, 1.82) is 0 Å². The number of carbonyl (C=O) groups excluding carboxylic acids is 1. The lowest BCUT2D eigenvalue weighted by Gasteiger charge is -2.10. The minimum absolute atomic E-state index is 0.159. The average Bonchev–Trinajstić information content (AvgIpc) is 2.89. The zero-order chi connectivity index (χ0) is 13.8. The molecule has 1 aromatic carbocycles. The van der Waals surface area contributed by atoms with Crippen molar-refractivity contribution in [3.8, 4) is 5.69 Å². The Morgan fingerprint density at radius 1 is 1.16 bits per heavy atom. The van der Waals surface area contributed by atoms with Crippen LogP contribution >= 0.6 is 0 Å². The van der Waals surface area contributed by atoms with Gasteiger partial charge in [-0.25, -0.2) is 4.68 Å². The zero-order valence-electron chi connectivity index (χ0n) is 11.8. The molecule has 0 bridgehead atoms. The third-order valence-corrected chi connectivity index (χ3v) is 3.31. The second-order valence-corrected chi connectivity index (χ2v) is 4.54. The van der Waals surface area contributed by atoms with Crippen LogP contribution in [-0.2, 0) is 12.8 Å². The van der Waals surface area contributed by atoms with Gasteiger partial charge in [0.2, 0.25) is 0 Å². The van der Waals surface area contributed by atoms with Gasteiger partial charge in [-0.1, -0.05) is 32.9 Å². The van der Waals surface area contributed by atoms with Gasteiger partial charge in [-0.2, -0.15) is 5.10 Å². The Hall–Kier alpha value is -1.90. The minimum atomic E-state index is 0.159. The van der Waals surface area contributed by atoms with Crippen molar-refractivity contribution in [3.63, 3.8) is 0 Å². The fourth-order valence-corrected chi connectivity index (χ4v) is 2.19. The van der Waals surface area contributed by atoms with Gasteiger partial charge in [0.15, 0.2) is 5.78 Å². The van der Waals surface area contributed by atoms with Crippen molar-refractivity contribution in [2.24, 2.45) is 0 Å². The number of benzene rings is 1. The van der Waals surface area contributed by atoms with E-state index in [2.05, 4.69) is 25.0 Å². The monoisotopic (exact) mass is 256 g/mol. The second kappa shape index (κ2) is 5.83. The predicted molar refractivity (Wildman–Crippen MR) is 76.9 cm³/mol. The molecule has 0 fully saturated rings. The summed E-state index contributed by atoms with van der Waals surface area (Å²) in [5.74, 6) is 0.159. The molecule has 0 atom stereocenters. The molecule has 0 aliphatic carbocycles. The van der Waals surface area contributed by atoms with Crippen molar-refractivity contribution in [2.45, 2.75) is 40.0 Å². The van der Waals surface area contributed by atoms with Crippen LogP contribution in [0.15, 0.2) is 30.3 Å². The number of rotatable bonds is 5. The Kier molecular flexibility index (Phi) is 4.15. The van der Waals surface area contributed by atoms with Gasteiger partial charge in [0.05, 0.1) is 11.4 Å². The lowest BCUT2D eigenvalue weighted by Crippen LogP contribution is -2.08. The van der Waals surface area contributed by atoms with Gasteiger partial charge in [-0.15, -0.1) is 0 Å². The Balaban J connectivity index is 2.58. The summed E-state index contributed by atoms with van der Waals surface area (Å²) < 4.78 is 1.92. The summed E-state index contributed by atoms with van der Waals surface area (Å²) in [6, 6.07) is 9.83. The van der Waals surface area contributed by atoms with Crippen molar-refractivity contribution < 1.29 is 4.79 Å². The fraction of sp³-hybridized carbons (Fsp3) is 0.375. The van der Waals surface area contributed by atoms with E-state index in [1.165, 1.54) is 0 Å². The van der Waals surface area contributed by atoms with E-state index in [1.54, 1.807) is 0 Å². The number of aryl methyl sites for hydroxylation is 2. The molecular weight excluding hydrogens is 236 g/mol. The summed E-state index contributed by atoms with van der Waals surface area (Å²) in [6.45, 7) is 6.09. The standard InChI is InChI=1S/C16H20N2O/c1-4-12-11-13(5-2)18(17-12)15-10-8-7-9-14(15)16(19)6-3/h7-11H,4-6H2,1-3H3. The van der Waals surface area contributed by atoms with Crippen LogP contribution in [0, 0.1) is 0 Å². The predicted octanol–water partition coefficient (Wildman–Crippen LogP) is 3.59. The zero-order valence-corrected chi connectivity index (χ0v) is 11.8. The normalized spacial score (nSPS) is 10.7. The number of hydrogen-bond donors (Lipinski definition) is 0. The third-order valence-electron chi connectivity index (χ3n) is 3.31. The lowest BCUT2D eigenvalue weighted by atomic mass is 10.1. The Morgan fingerprint density at radius 2 is 1.89 bits per heavy atom. The number of aromatic nitrogens is 2. The number of nitrogens with zero attached hydrogens (tertiary/aromatic N) is 2. The SMILES string of the molecule is CCC(=O)c1ccccc1-n1nc(CC)cc1CC. The summed E-state index contributed by atoms with van der Waals surface area (Å²) >= 11 is 0. The van der Waals surface area contributed by atoms with Crippen LogP contribution in [0.2, 0.25) is 0 Å². The first-order valence-corrected chi connectivity index (χ1v) is 6.91. The molecule has 0 spiro atoms.